The van der Waals surface area contributed by atoms with Crippen molar-refractivity contribution in [2.75, 3.05) is 23.7 Å². The van der Waals surface area contributed by atoms with Crippen molar-refractivity contribution in [3.05, 3.63) is 48.6 Å². The third-order valence-electron chi connectivity index (χ3n) is 4.49. The zero-order valence-corrected chi connectivity index (χ0v) is 15.6. The number of anilines is 2. The average Bonchev–Trinajstić information content (AvgIpc) is 3.15. The lowest BCUT2D eigenvalue weighted by Crippen LogP contribution is -2.48. The SMILES string of the molecule is CC(C)Oc1cc(C(=N)c2cc(N3CC(n4cnnc4)C3)ncn2)c(N)cn1. The zero-order valence-electron chi connectivity index (χ0n) is 15.6. The number of aromatic nitrogens is 6. The van der Waals surface area contributed by atoms with E-state index >= 15 is 0 Å². The number of nitrogens with zero attached hydrogens (tertiary/aromatic N) is 7. The Balaban J connectivity index is 1.52. The molecule has 0 spiro atoms. The van der Waals surface area contributed by atoms with Crippen molar-refractivity contribution < 1.29 is 4.74 Å². The summed E-state index contributed by atoms with van der Waals surface area (Å²) >= 11 is 0. The fourth-order valence-electron chi connectivity index (χ4n) is 2.99. The Morgan fingerprint density at radius 1 is 1.18 bits per heavy atom. The minimum Gasteiger partial charge on any atom is -0.475 e. The van der Waals surface area contributed by atoms with E-state index in [1.807, 2.05) is 18.4 Å². The molecule has 3 aromatic rings. The Morgan fingerprint density at radius 2 is 1.93 bits per heavy atom. The first-order chi connectivity index (χ1) is 13.5. The second kappa shape index (κ2) is 7.22. The summed E-state index contributed by atoms with van der Waals surface area (Å²) in [5.41, 5.74) is 7.66. The fourth-order valence-corrected chi connectivity index (χ4v) is 2.99. The molecule has 4 rings (SSSR count). The number of nitrogens with two attached hydrogens (primary N) is 1. The second-order valence-electron chi connectivity index (χ2n) is 6.88. The third kappa shape index (κ3) is 3.48. The van der Waals surface area contributed by atoms with Crippen LogP contribution in [0.4, 0.5) is 11.5 Å². The monoisotopic (exact) mass is 379 g/mol. The van der Waals surface area contributed by atoms with Crippen molar-refractivity contribution in [3.8, 4) is 5.88 Å². The normalized spacial score (nSPS) is 14.2. The average molecular weight is 379 g/mol. The molecule has 3 N–H and O–H groups in total. The molecule has 0 atom stereocenters. The lowest BCUT2D eigenvalue weighted by atomic mass is 10.1. The maximum atomic E-state index is 8.56. The number of hydrogen-bond donors (Lipinski definition) is 2. The Labute approximate surface area is 161 Å². The summed E-state index contributed by atoms with van der Waals surface area (Å²) in [6.45, 7) is 5.43. The van der Waals surface area contributed by atoms with Crippen LogP contribution in [0.1, 0.15) is 31.1 Å². The van der Waals surface area contributed by atoms with Gasteiger partial charge in [-0.3, -0.25) is 5.41 Å². The van der Waals surface area contributed by atoms with Crippen molar-refractivity contribution in [2.24, 2.45) is 0 Å². The largest absolute Gasteiger partial charge is 0.475 e. The number of pyridine rings is 1. The van der Waals surface area contributed by atoms with E-state index in [1.165, 1.54) is 12.5 Å². The molecule has 10 nitrogen and oxygen atoms in total. The Morgan fingerprint density at radius 3 is 2.64 bits per heavy atom. The molecule has 0 bridgehead atoms. The number of nitrogens with one attached hydrogen (secondary N) is 1. The Kier molecular flexibility index (Phi) is 4.60. The van der Waals surface area contributed by atoms with Crippen molar-refractivity contribution in [2.45, 2.75) is 26.0 Å². The van der Waals surface area contributed by atoms with E-state index in [1.54, 1.807) is 24.8 Å². The van der Waals surface area contributed by atoms with Crippen LogP contribution in [0.2, 0.25) is 0 Å². The molecule has 10 heteroatoms. The summed E-state index contributed by atoms with van der Waals surface area (Å²) in [6, 6.07) is 3.79. The molecule has 0 saturated carbocycles. The minimum atomic E-state index is -0.0196. The maximum absolute atomic E-state index is 8.56. The maximum Gasteiger partial charge on any atom is 0.214 e. The van der Waals surface area contributed by atoms with E-state index in [2.05, 4.69) is 30.0 Å². The lowest BCUT2D eigenvalue weighted by Gasteiger charge is -2.40. The minimum absolute atomic E-state index is 0.0196. The van der Waals surface area contributed by atoms with Crippen LogP contribution in [0.15, 0.2) is 37.3 Å². The molecule has 1 aliphatic rings. The second-order valence-corrected chi connectivity index (χ2v) is 6.88. The molecular weight excluding hydrogens is 358 g/mol. The van der Waals surface area contributed by atoms with Gasteiger partial charge in [0, 0.05) is 30.8 Å². The van der Waals surface area contributed by atoms with Gasteiger partial charge in [0.2, 0.25) is 5.88 Å². The molecule has 0 unspecified atom stereocenters. The highest BCUT2D eigenvalue weighted by Crippen LogP contribution is 2.27. The van der Waals surface area contributed by atoms with Crippen LogP contribution >= 0.6 is 0 Å². The summed E-state index contributed by atoms with van der Waals surface area (Å²) < 4.78 is 7.60. The predicted molar refractivity (Wildman–Crippen MR) is 104 cm³/mol. The summed E-state index contributed by atoms with van der Waals surface area (Å²) in [6.07, 6.45) is 6.38. The molecule has 4 heterocycles. The number of nitrogen functional groups attached to an aromatic ring is 1. The highest BCUT2D eigenvalue weighted by Gasteiger charge is 2.29. The quantitative estimate of drug-likeness (QED) is 0.613. The standard InChI is InChI=1S/C18H21N9O/c1-11(2)28-17-3-13(14(19)5-21-17)18(20)15-4-16(23-8-22-15)26-6-12(7-26)27-9-24-25-10-27/h3-5,8-12,20H,6-7,19H2,1-2H3. The van der Waals surface area contributed by atoms with Gasteiger partial charge in [-0.05, 0) is 13.8 Å². The summed E-state index contributed by atoms with van der Waals surface area (Å²) in [5.74, 6) is 1.20. The Hall–Kier alpha value is -3.56. The summed E-state index contributed by atoms with van der Waals surface area (Å²) in [7, 11) is 0. The van der Waals surface area contributed by atoms with E-state index < -0.39 is 0 Å². The van der Waals surface area contributed by atoms with Crippen LogP contribution in [0.25, 0.3) is 0 Å². The van der Waals surface area contributed by atoms with Crippen LogP contribution in [-0.2, 0) is 0 Å². The van der Waals surface area contributed by atoms with Crippen LogP contribution in [0.5, 0.6) is 5.88 Å². The van der Waals surface area contributed by atoms with Gasteiger partial charge < -0.3 is 19.9 Å². The predicted octanol–water partition coefficient (Wildman–Crippen LogP) is 1.31. The van der Waals surface area contributed by atoms with E-state index in [9.17, 15) is 0 Å². The third-order valence-corrected chi connectivity index (χ3v) is 4.49. The van der Waals surface area contributed by atoms with Crippen molar-refractivity contribution in [1.29, 1.82) is 5.41 Å². The highest BCUT2D eigenvalue weighted by molar-refractivity contribution is 6.13. The fraction of sp³-hybridized carbons (Fsp3) is 0.333. The molecule has 0 amide bonds. The van der Waals surface area contributed by atoms with Gasteiger partial charge in [-0.15, -0.1) is 10.2 Å². The van der Waals surface area contributed by atoms with Gasteiger partial charge in [-0.1, -0.05) is 0 Å². The van der Waals surface area contributed by atoms with Crippen LogP contribution in [0, 0.1) is 5.41 Å². The van der Waals surface area contributed by atoms with Gasteiger partial charge in [0.25, 0.3) is 0 Å². The van der Waals surface area contributed by atoms with Crippen molar-refractivity contribution >= 4 is 17.2 Å². The number of hydrogen-bond acceptors (Lipinski definition) is 9. The molecule has 1 saturated heterocycles. The zero-order chi connectivity index (χ0) is 19.7. The van der Waals surface area contributed by atoms with Gasteiger partial charge in [0.1, 0.15) is 24.8 Å². The van der Waals surface area contributed by atoms with E-state index in [0.29, 0.717) is 28.9 Å². The van der Waals surface area contributed by atoms with Gasteiger partial charge in [-0.2, -0.15) is 0 Å². The molecule has 1 aliphatic heterocycles. The first-order valence-electron chi connectivity index (χ1n) is 8.94. The molecule has 0 aromatic carbocycles. The van der Waals surface area contributed by atoms with Gasteiger partial charge in [0.15, 0.2) is 0 Å². The topological polar surface area (TPSA) is 132 Å². The smallest absolute Gasteiger partial charge is 0.214 e. The van der Waals surface area contributed by atoms with Crippen molar-refractivity contribution in [1.82, 2.24) is 29.7 Å². The van der Waals surface area contributed by atoms with E-state index in [-0.39, 0.29) is 11.8 Å². The lowest BCUT2D eigenvalue weighted by molar-refractivity contribution is 0.232. The first-order valence-corrected chi connectivity index (χ1v) is 8.94. The number of rotatable bonds is 6. The van der Waals surface area contributed by atoms with Gasteiger partial charge in [0.05, 0.1) is 35.4 Å². The molecule has 0 aliphatic carbocycles. The van der Waals surface area contributed by atoms with Crippen molar-refractivity contribution in [3.63, 3.8) is 0 Å². The van der Waals surface area contributed by atoms with Gasteiger partial charge >= 0.3 is 0 Å². The van der Waals surface area contributed by atoms with Crippen LogP contribution in [-0.4, -0.2) is 54.6 Å². The van der Waals surface area contributed by atoms with E-state index in [0.717, 1.165) is 18.9 Å². The molecule has 28 heavy (non-hydrogen) atoms. The highest BCUT2D eigenvalue weighted by atomic mass is 16.5. The Bertz CT molecular complexity index is 980. The number of ether oxygens (including phenoxy) is 1. The molecule has 0 radical (unpaired) electrons. The molecule has 144 valence electrons. The summed E-state index contributed by atoms with van der Waals surface area (Å²) in [5, 5.41) is 16.2. The molecule has 1 fully saturated rings. The first kappa shape index (κ1) is 17.8. The van der Waals surface area contributed by atoms with Gasteiger partial charge in [-0.25, -0.2) is 15.0 Å². The van der Waals surface area contributed by atoms with Crippen LogP contribution < -0.4 is 15.4 Å². The molecular formula is C18H21N9O. The van der Waals surface area contributed by atoms with E-state index in [4.69, 9.17) is 15.9 Å². The van der Waals surface area contributed by atoms with Crippen LogP contribution in [0.3, 0.4) is 0 Å². The molecule has 3 aromatic heterocycles. The summed E-state index contributed by atoms with van der Waals surface area (Å²) in [4.78, 5) is 14.9.